The monoisotopic (exact) mass is 471 g/mol. The van der Waals surface area contributed by atoms with E-state index in [4.69, 9.17) is 19.9 Å². The molecule has 3 N–H and O–H groups in total. The number of anilines is 1. The van der Waals surface area contributed by atoms with Crippen LogP contribution in [0.15, 0.2) is 47.5 Å². The van der Waals surface area contributed by atoms with Crippen molar-refractivity contribution in [1.29, 1.82) is 0 Å². The second-order valence-electron chi connectivity index (χ2n) is 5.67. The SMILES string of the molecule is COc1ccc(NC(N)=NCC(C)Oc2cccc(C)c2)cc1OC.I. The normalized spacial score (nSPS) is 11.9. The van der Waals surface area contributed by atoms with E-state index < -0.39 is 0 Å². The van der Waals surface area contributed by atoms with Crippen LogP contribution in [0.4, 0.5) is 5.69 Å². The molecule has 0 spiro atoms. The van der Waals surface area contributed by atoms with E-state index in [2.05, 4.69) is 10.3 Å². The average molecular weight is 471 g/mol. The van der Waals surface area contributed by atoms with E-state index >= 15 is 0 Å². The lowest BCUT2D eigenvalue weighted by Gasteiger charge is -2.14. The first-order valence-corrected chi connectivity index (χ1v) is 8.04. The zero-order valence-corrected chi connectivity index (χ0v) is 17.8. The summed E-state index contributed by atoms with van der Waals surface area (Å²) in [4.78, 5) is 4.32. The van der Waals surface area contributed by atoms with Crippen molar-refractivity contribution in [3.8, 4) is 17.2 Å². The Morgan fingerprint density at radius 3 is 2.50 bits per heavy atom. The second kappa shape index (κ2) is 10.7. The van der Waals surface area contributed by atoms with E-state index in [1.165, 1.54) is 0 Å². The summed E-state index contributed by atoms with van der Waals surface area (Å²) in [5, 5.41) is 3.03. The van der Waals surface area contributed by atoms with E-state index in [-0.39, 0.29) is 30.1 Å². The molecule has 1 unspecified atom stereocenters. The van der Waals surface area contributed by atoms with E-state index in [0.29, 0.717) is 24.0 Å². The van der Waals surface area contributed by atoms with Gasteiger partial charge in [-0.25, -0.2) is 4.99 Å². The molecule has 0 aliphatic carbocycles. The number of guanidine groups is 1. The number of aliphatic imine (C=N–C) groups is 1. The predicted molar refractivity (Wildman–Crippen MR) is 116 cm³/mol. The summed E-state index contributed by atoms with van der Waals surface area (Å²) in [5.74, 6) is 2.42. The molecule has 0 radical (unpaired) electrons. The van der Waals surface area contributed by atoms with Crippen LogP contribution in [0.1, 0.15) is 12.5 Å². The molecular formula is C19H26IN3O3. The van der Waals surface area contributed by atoms with Crippen LogP contribution in [0.3, 0.4) is 0 Å². The number of ether oxygens (including phenoxy) is 3. The molecule has 0 aromatic heterocycles. The average Bonchev–Trinajstić information content (AvgIpc) is 2.60. The van der Waals surface area contributed by atoms with Gasteiger partial charge in [0.15, 0.2) is 17.5 Å². The van der Waals surface area contributed by atoms with Crippen LogP contribution in [0.25, 0.3) is 0 Å². The standard InChI is InChI=1S/C19H25N3O3.HI/c1-13-6-5-7-16(10-13)25-14(2)12-21-19(20)22-15-8-9-17(23-3)18(11-15)24-4;/h5-11,14H,12H2,1-4H3,(H3,20,21,22);1H. The molecule has 6 nitrogen and oxygen atoms in total. The molecule has 2 aromatic carbocycles. The summed E-state index contributed by atoms with van der Waals surface area (Å²) < 4.78 is 16.3. The molecule has 0 aliphatic rings. The molecule has 2 rings (SSSR count). The molecule has 26 heavy (non-hydrogen) atoms. The fourth-order valence-corrected chi connectivity index (χ4v) is 2.29. The number of nitrogens with two attached hydrogens (primary N) is 1. The van der Waals surface area contributed by atoms with Crippen LogP contribution in [0.5, 0.6) is 17.2 Å². The lowest BCUT2D eigenvalue weighted by Crippen LogP contribution is -2.25. The first kappa shape index (κ1) is 21.9. The number of aryl methyl sites for hydroxylation is 1. The minimum Gasteiger partial charge on any atom is -0.493 e. The number of benzene rings is 2. The zero-order chi connectivity index (χ0) is 18.2. The molecule has 0 amide bonds. The molecule has 0 aliphatic heterocycles. The molecule has 0 bridgehead atoms. The van der Waals surface area contributed by atoms with E-state index in [9.17, 15) is 0 Å². The summed E-state index contributed by atoms with van der Waals surface area (Å²) in [6, 6.07) is 13.4. The summed E-state index contributed by atoms with van der Waals surface area (Å²) >= 11 is 0. The van der Waals surface area contributed by atoms with E-state index in [0.717, 1.165) is 17.0 Å². The highest BCUT2D eigenvalue weighted by Crippen LogP contribution is 2.29. The predicted octanol–water partition coefficient (Wildman–Crippen LogP) is 3.82. The molecule has 0 heterocycles. The summed E-state index contributed by atoms with van der Waals surface area (Å²) in [6.07, 6.45) is -0.0902. The Balaban J connectivity index is 0.00000338. The molecule has 142 valence electrons. The molecule has 1 atom stereocenters. The summed E-state index contributed by atoms with van der Waals surface area (Å²) in [5.41, 5.74) is 7.87. The van der Waals surface area contributed by atoms with Crippen molar-refractivity contribution in [2.45, 2.75) is 20.0 Å². The van der Waals surface area contributed by atoms with Gasteiger partial charge in [-0.1, -0.05) is 12.1 Å². The molecule has 0 saturated carbocycles. The number of rotatable bonds is 7. The fourth-order valence-electron chi connectivity index (χ4n) is 2.29. The van der Waals surface area contributed by atoms with Gasteiger partial charge < -0.3 is 25.3 Å². The Morgan fingerprint density at radius 1 is 1.12 bits per heavy atom. The summed E-state index contributed by atoms with van der Waals surface area (Å²) in [7, 11) is 3.18. The van der Waals surface area contributed by atoms with E-state index in [1.807, 2.05) is 44.2 Å². The van der Waals surface area contributed by atoms with Crippen LogP contribution >= 0.6 is 24.0 Å². The first-order chi connectivity index (χ1) is 12.0. The van der Waals surface area contributed by atoms with Crippen LogP contribution in [0, 0.1) is 6.92 Å². The fraction of sp³-hybridized carbons (Fsp3) is 0.316. The molecule has 2 aromatic rings. The third kappa shape index (κ3) is 6.62. The lowest BCUT2D eigenvalue weighted by molar-refractivity contribution is 0.230. The minimum absolute atomic E-state index is 0. The van der Waals surface area contributed by atoms with Gasteiger partial charge in [0.25, 0.3) is 0 Å². The number of methoxy groups -OCH3 is 2. The van der Waals surface area contributed by atoms with Gasteiger partial charge in [0.05, 0.1) is 20.8 Å². The van der Waals surface area contributed by atoms with Gasteiger partial charge in [-0.05, 0) is 43.7 Å². The maximum Gasteiger partial charge on any atom is 0.193 e. The van der Waals surface area contributed by atoms with Crippen molar-refractivity contribution in [2.24, 2.45) is 10.7 Å². The third-order valence-corrected chi connectivity index (χ3v) is 3.50. The Kier molecular flexibility index (Phi) is 9.04. The van der Waals surface area contributed by atoms with Crippen molar-refractivity contribution < 1.29 is 14.2 Å². The van der Waals surface area contributed by atoms with Gasteiger partial charge in [0.2, 0.25) is 0 Å². The molecule has 7 heteroatoms. The van der Waals surface area contributed by atoms with Gasteiger partial charge in [-0.15, -0.1) is 24.0 Å². The van der Waals surface area contributed by atoms with Crippen LogP contribution in [-0.4, -0.2) is 32.8 Å². The summed E-state index contributed by atoms with van der Waals surface area (Å²) in [6.45, 7) is 4.43. The van der Waals surface area contributed by atoms with Crippen LogP contribution in [0.2, 0.25) is 0 Å². The molecule has 0 fully saturated rings. The highest BCUT2D eigenvalue weighted by Gasteiger charge is 2.06. The minimum atomic E-state index is -0.0902. The number of halogens is 1. The number of hydrogen-bond acceptors (Lipinski definition) is 4. The highest BCUT2D eigenvalue weighted by molar-refractivity contribution is 14.0. The Bertz CT molecular complexity index is 738. The second-order valence-corrected chi connectivity index (χ2v) is 5.67. The van der Waals surface area contributed by atoms with Gasteiger partial charge in [-0.2, -0.15) is 0 Å². The Labute approximate surface area is 171 Å². The quantitative estimate of drug-likeness (QED) is 0.365. The van der Waals surface area contributed by atoms with Crippen LogP contribution < -0.4 is 25.3 Å². The van der Waals surface area contributed by atoms with Crippen LogP contribution in [-0.2, 0) is 0 Å². The highest BCUT2D eigenvalue weighted by atomic mass is 127. The topological polar surface area (TPSA) is 78.1 Å². The largest absolute Gasteiger partial charge is 0.493 e. The Morgan fingerprint density at radius 2 is 1.85 bits per heavy atom. The molecular weight excluding hydrogens is 445 g/mol. The maximum absolute atomic E-state index is 5.94. The number of nitrogens with one attached hydrogen (secondary N) is 1. The van der Waals surface area contributed by atoms with E-state index in [1.54, 1.807) is 26.4 Å². The Hall–Kier alpha value is -2.16. The van der Waals surface area contributed by atoms with Crippen molar-refractivity contribution >= 4 is 35.6 Å². The van der Waals surface area contributed by atoms with Crippen molar-refractivity contribution in [1.82, 2.24) is 0 Å². The number of nitrogens with zero attached hydrogens (tertiary/aromatic N) is 1. The third-order valence-electron chi connectivity index (χ3n) is 3.50. The van der Waals surface area contributed by atoms with Gasteiger partial charge in [-0.3, -0.25) is 0 Å². The van der Waals surface area contributed by atoms with Gasteiger partial charge in [0, 0.05) is 11.8 Å². The van der Waals surface area contributed by atoms with Crippen molar-refractivity contribution in [3.05, 3.63) is 48.0 Å². The first-order valence-electron chi connectivity index (χ1n) is 8.04. The maximum atomic E-state index is 5.94. The smallest absolute Gasteiger partial charge is 0.193 e. The van der Waals surface area contributed by atoms with Crippen molar-refractivity contribution in [2.75, 3.05) is 26.1 Å². The number of hydrogen-bond donors (Lipinski definition) is 2. The van der Waals surface area contributed by atoms with Gasteiger partial charge >= 0.3 is 0 Å². The lowest BCUT2D eigenvalue weighted by atomic mass is 10.2. The van der Waals surface area contributed by atoms with Gasteiger partial charge in [0.1, 0.15) is 11.9 Å². The molecule has 0 saturated heterocycles. The van der Waals surface area contributed by atoms with Crippen molar-refractivity contribution in [3.63, 3.8) is 0 Å². The zero-order valence-electron chi connectivity index (χ0n) is 15.5.